The highest BCUT2D eigenvalue weighted by atomic mass is 31.2. The summed E-state index contributed by atoms with van der Waals surface area (Å²) >= 11 is 0. The first-order valence-corrected chi connectivity index (χ1v) is 41.8. The quantitative estimate of drug-likeness (QED) is 0.0169. The Morgan fingerprint density at radius 2 is 0.541 bits per heavy atom. The minimum atomic E-state index is -4.98. The summed E-state index contributed by atoms with van der Waals surface area (Å²) in [7, 11) is -9.95. The van der Waals surface area contributed by atoms with E-state index >= 15 is 0 Å². The predicted molar refractivity (Wildman–Crippen MR) is 399 cm³/mol. The van der Waals surface area contributed by atoms with E-state index in [1.807, 2.05) is 0 Å². The van der Waals surface area contributed by atoms with Gasteiger partial charge >= 0.3 is 39.5 Å². The zero-order chi connectivity index (χ0) is 71.8. The van der Waals surface area contributed by atoms with Gasteiger partial charge in [-0.05, 0) is 116 Å². The number of aliphatic hydroxyl groups excluding tert-OH is 1. The lowest BCUT2D eigenvalue weighted by molar-refractivity contribution is -0.161. The molecule has 5 atom stereocenters. The molecule has 0 aliphatic carbocycles. The van der Waals surface area contributed by atoms with E-state index in [0.717, 1.165) is 148 Å². The Labute approximate surface area is 595 Å². The Hall–Kier alpha value is -3.76. The van der Waals surface area contributed by atoms with Gasteiger partial charge in [0.1, 0.15) is 19.3 Å². The lowest BCUT2D eigenvalue weighted by atomic mass is 10.0. The summed E-state index contributed by atoms with van der Waals surface area (Å²) in [5.41, 5.74) is 0. The molecule has 0 aliphatic rings. The number of phosphoric ester groups is 2. The maximum Gasteiger partial charge on any atom is 0.472 e. The molecule has 0 fully saturated rings. The number of allylic oxidation sites excluding steroid dienone is 14. The highest BCUT2D eigenvalue weighted by Gasteiger charge is 2.30. The molecule has 0 saturated heterocycles. The zero-order valence-corrected chi connectivity index (χ0v) is 63.7. The van der Waals surface area contributed by atoms with Crippen LogP contribution >= 0.6 is 15.6 Å². The van der Waals surface area contributed by atoms with Gasteiger partial charge in [-0.2, -0.15) is 0 Å². The maximum atomic E-state index is 13.1. The van der Waals surface area contributed by atoms with Gasteiger partial charge in [-0.1, -0.05) is 280 Å². The molecule has 0 aromatic heterocycles. The summed E-state index contributed by atoms with van der Waals surface area (Å²) in [5.74, 6) is -2.21. The van der Waals surface area contributed by atoms with Crippen molar-refractivity contribution >= 4 is 39.5 Å². The Morgan fingerprint density at radius 3 is 0.867 bits per heavy atom. The van der Waals surface area contributed by atoms with Crippen molar-refractivity contribution in [3.8, 4) is 0 Å². The van der Waals surface area contributed by atoms with Crippen LogP contribution in [0.3, 0.4) is 0 Å². The molecule has 0 radical (unpaired) electrons. The monoisotopic (exact) mass is 1420 g/mol. The molecule has 0 amide bonds. The molecule has 0 aliphatic heterocycles. The van der Waals surface area contributed by atoms with E-state index < -0.39 is 97.5 Å². The third-order valence-electron chi connectivity index (χ3n) is 16.3. The largest absolute Gasteiger partial charge is 0.472 e. The van der Waals surface area contributed by atoms with E-state index in [0.29, 0.717) is 25.7 Å². The van der Waals surface area contributed by atoms with Crippen molar-refractivity contribution in [3.05, 3.63) is 85.1 Å². The van der Waals surface area contributed by atoms with E-state index in [1.165, 1.54) is 109 Å². The minimum absolute atomic E-state index is 0.0786. The smallest absolute Gasteiger partial charge is 0.462 e. The molecule has 0 spiro atoms. The van der Waals surface area contributed by atoms with Gasteiger partial charge in [0, 0.05) is 25.7 Å². The van der Waals surface area contributed by atoms with Crippen LogP contribution in [0.2, 0.25) is 0 Å². The fourth-order valence-electron chi connectivity index (χ4n) is 10.4. The minimum Gasteiger partial charge on any atom is -0.462 e. The number of hydrogen-bond donors (Lipinski definition) is 3. The average Bonchev–Trinajstić information content (AvgIpc) is 0.992. The van der Waals surface area contributed by atoms with Gasteiger partial charge in [0.25, 0.3) is 0 Å². The van der Waals surface area contributed by atoms with Crippen molar-refractivity contribution in [1.82, 2.24) is 0 Å². The van der Waals surface area contributed by atoms with Crippen LogP contribution in [0.4, 0.5) is 0 Å². The number of ether oxygens (including phenoxy) is 4. The number of rotatable bonds is 73. The van der Waals surface area contributed by atoms with Gasteiger partial charge in [-0.3, -0.25) is 37.3 Å². The van der Waals surface area contributed by atoms with Crippen LogP contribution in [0, 0.1) is 0 Å². The summed E-state index contributed by atoms with van der Waals surface area (Å²) in [5, 5.41) is 10.6. The third kappa shape index (κ3) is 70.7. The summed E-state index contributed by atoms with van der Waals surface area (Å²) in [6.45, 7) is 4.69. The predicted octanol–water partition coefficient (Wildman–Crippen LogP) is 22.2. The van der Waals surface area contributed by atoms with E-state index in [9.17, 15) is 43.2 Å². The van der Waals surface area contributed by atoms with Crippen molar-refractivity contribution in [3.63, 3.8) is 0 Å². The molecule has 0 rings (SSSR count). The van der Waals surface area contributed by atoms with Crippen molar-refractivity contribution < 1.29 is 80.2 Å². The Morgan fingerprint density at radius 1 is 0.296 bits per heavy atom. The van der Waals surface area contributed by atoms with Gasteiger partial charge in [0.2, 0.25) is 0 Å². The number of hydrogen-bond acceptors (Lipinski definition) is 15. The summed E-state index contributed by atoms with van der Waals surface area (Å²) in [4.78, 5) is 72.8. The number of phosphoric acid groups is 2. The van der Waals surface area contributed by atoms with Crippen LogP contribution in [0.1, 0.15) is 336 Å². The van der Waals surface area contributed by atoms with Crippen LogP contribution < -0.4 is 0 Å². The van der Waals surface area contributed by atoms with Crippen LogP contribution in [0.5, 0.6) is 0 Å². The molecule has 0 saturated carbocycles. The van der Waals surface area contributed by atoms with Crippen LogP contribution in [-0.2, 0) is 65.4 Å². The third-order valence-corrected chi connectivity index (χ3v) is 18.2. The average molecular weight is 1420 g/mol. The highest BCUT2D eigenvalue weighted by molar-refractivity contribution is 7.47. The topological polar surface area (TPSA) is 237 Å². The second kappa shape index (κ2) is 71.6. The van der Waals surface area contributed by atoms with Crippen molar-refractivity contribution in [2.45, 2.75) is 354 Å². The van der Waals surface area contributed by atoms with Crippen LogP contribution in [0.25, 0.3) is 0 Å². The number of unbranched alkanes of at least 4 members (excludes halogenated alkanes) is 33. The zero-order valence-electron chi connectivity index (χ0n) is 62.0. The molecule has 17 nitrogen and oxygen atoms in total. The molecular weight excluding hydrogens is 1280 g/mol. The Kier molecular flexibility index (Phi) is 68.9. The standard InChI is InChI=1S/C79H140O17P2/c1-5-9-13-17-21-25-29-32-34-35-36-37-39-41-45-48-52-56-60-64-77(82)90-70-75(96-79(84)66-62-58-54-50-46-42-38-33-30-26-22-18-14-10-6-2)72-94-98(87,88)92-68-73(80)67-91-97(85,86)93-71-74(95-78(83)65-61-57-53-49-43-28-24-20-16-12-8-4)69-89-76(81)63-59-55-51-47-44-40-31-27-23-19-15-11-7-3/h9,13,20-21,24-25,32-34,36-38,41,45,73-75,80H,5-8,10-12,14-19,22-23,26-31,35,39-40,42-44,46-72H2,1-4H3,(H,85,86)(H,87,88)/b13-9-,24-20-,25-21-,34-32-,37-36-,38-33-,45-41-. The molecule has 0 aromatic carbocycles. The number of aliphatic hydroxyl groups is 1. The summed E-state index contributed by atoms with van der Waals surface area (Å²) in [6.07, 6.45) is 72.9. The molecule has 3 N–H and O–H groups in total. The Balaban J connectivity index is 5.34. The van der Waals surface area contributed by atoms with Gasteiger partial charge in [-0.15, -0.1) is 0 Å². The lowest BCUT2D eigenvalue weighted by Gasteiger charge is -2.21. The van der Waals surface area contributed by atoms with Gasteiger partial charge in [-0.25, -0.2) is 9.13 Å². The first kappa shape index (κ1) is 94.2. The summed E-state index contributed by atoms with van der Waals surface area (Å²) in [6, 6.07) is 0. The first-order chi connectivity index (χ1) is 47.7. The van der Waals surface area contributed by atoms with Crippen LogP contribution in [-0.4, -0.2) is 96.7 Å². The van der Waals surface area contributed by atoms with Gasteiger partial charge in [0.05, 0.1) is 26.4 Å². The maximum absolute atomic E-state index is 13.1. The van der Waals surface area contributed by atoms with E-state index in [4.69, 9.17) is 37.0 Å². The fraction of sp³-hybridized carbons (Fsp3) is 0.772. The molecule has 19 heteroatoms. The van der Waals surface area contributed by atoms with Crippen LogP contribution in [0.15, 0.2) is 85.1 Å². The molecule has 0 heterocycles. The number of esters is 4. The van der Waals surface area contributed by atoms with Crippen molar-refractivity contribution in [2.75, 3.05) is 39.6 Å². The van der Waals surface area contributed by atoms with Crippen molar-refractivity contribution in [2.24, 2.45) is 0 Å². The first-order valence-electron chi connectivity index (χ1n) is 38.8. The summed E-state index contributed by atoms with van der Waals surface area (Å²) < 4.78 is 68.4. The van der Waals surface area contributed by atoms with Gasteiger partial charge in [0.15, 0.2) is 12.2 Å². The molecule has 568 valence electrons. The molecule has 0 aromatic rings. The van der Waals surface area contributed by atoms with Crippen molar-refractivity contribution in [1.29, 1.82) is 0 Å². The number of carbonyl (C=O) groups excluding carboxylic acids is 4. The normalized spacial score (nSPS) is 14.4. The molecule has 5 unspecified atom stereocenters. The Bertz CT molecular complexity index is 2190. The fourth-order valence-corrected chi connectivity index (χ4v) is 12.0. The number of carbonyl (C=O) groups is 4. The van der Waals surface area contributed by atoms with Gasteiger partial charge < -0.3 is 33.8 Å². The molecule has 98 heavy (non-hydrogen) atoms. The molecule has 0 bridgehead atoms. The lowest BCUT2D eigenvalue weighted by Crippen LogP contribution is -2.30. The van der Waals surface area contributed by atoms with E-state index in [2.05, 4.69) is 113 Å². The highest BCUT2D eigenvalue weighted by Crippen LogP contribution is 2.45. The second-order valence-electron chi connectivity index (χ2n) is 25.9. The van der Waals surface area contributed by atoms with E-state index in [-0.39, 0.29) is 25.7 Å². The SMILES string of the molecule is CC/C=C\C/C=C\C/C=C\C/C=C\C/C=C\CCCCCC(=O)OCC(COP(=O)(O)OCC(O)COP(=O)(O)OCC(COC(=O)CCCCCCCCCCCCCCC)OC(=O)CCCCCCC/C=C\CCCC)OC(=O)CCCCCCC/C=C\CCCCCCCC. The molecular formula is C79H140O17P2. The second-order valence-corrected chi connectivity index (χ2v) is 28.8. The van der Waals surface area contributed by atoms with E-state index in [1.54, 1.807) is 0 Å².